The fraction of sp³-hybridized carbons (Fsp3) is 0.300. The van der Waals surface area contributed by atoms with Gasteiger partial charge in [-0.25, -0.2) is 0 Å². The second-order valence-corrected chi connectivity index (χ2v) is 8.83. The van der Waals surface area contributed by atoms with Gasteiger partial charge in [-0.3, -0.25) is 9.69 Å². The summed E-state index contributed by atoms with van der Waals surface area (Å²) in [5.74, 6) is 0.989. The van der Waals surface area contributed by atoms with E-state index >= 15 is 0 Å². The number of amides is 1. The fourth-order valence-electron chi connectivity index (χ4n) is 4.59. The third-order valence-electron chi connectivity index (χ3n) is 6.61. The van der Waals surface area contributed by atoms with Crippen molar-refractivity contribution in [3.05, 3.63) is 108 Å². The predicted molar refractivity (Wildman–Crippen MR) is 139 cm³/mol. The van der Waals surface area contributed by atoms with Gasteiger partial charge >= 0.3 is 0 Å². The van der Waals surface area contributed by atoms with Crippen molar-refractivity contribution in [1.82, 2.24) is 9.80 Å². The van der Waals surface area contributed by atoms with Crippen LogP contribution in [0.5, 0.6) is 5.75 Å². The van der Waals surface area contributed by atoms with Crippen molar-refractivity contribution >= 4 is 11.5 Å². The minimum absolute atomic E-state index is 0.0509. The molecule has 0 aliphatic carbocycles. The van der Waals surface area contributed by atoms with E-state index in [0.29, 0.717) is 13.1 Å². The molecule has 1 heterocycles. The first kappa shape index (κ1) is 23.8. The molecular formula is C30H34N2O2. The monoisotopic (exact) mass is 454 g/mol. The van der Waals surface area contributed by atoms with Crippen LogP contribution in [-0.4, -0.2) is 49.0 Å². The van der Waals surface area contributed by atoms with Crippen molar-refractivity contribution in [2.75, 3.05) is 33.3 Å². The second-order valence-electron chi connectivity index (χ2n) is 8.83. The van der Waals surface area contributed by atoms with Crippen molar-refractivity contribution < 1.29 is 9.53 Å². The molecule has 0 radical (unpaired) electrons. The smallest absolute Gasteiger partial charge is 0.237 e. The van der Waals surface area contributed by atoms with Gasteiger partial charge in [-0.1, -0.05) is 78.9 Å². The zero-order valence-electron chi connectivity index (χ0n) is 20.2. The molecule has 0 bridgehead atoms. The number of hydrogen-bond donors (Lipinski definition) is 0. The molecule has 4 heteroatoms. The molecule has 4 rings (SSSR count). The minimum Gasteiger partial charge on any atom is -0.497 e. The molecule has 3 aromatic rings. The lowest BCUT2D eigenvalue weighted by atomic mass is 9.97. The molecule has 3 aromatic carbocycles. The summed E-state index contributed by atoms with van der Waals surface area (Å²) in [7, 11) is 1.67. The maximum absolute atomic E-state index is 13.6. The van der Waals surface area contributed by atoms with E-state index in [4.69, 9.17) is 4.74 Å². The van der Waals surface area contributed by atoms with E-state index in [0.717, 1.165) is 41.1 Å². The van der Waals surface area contributed by atoms with Gasteiger partial charge in [-0.2, -0.15) is 0 Å². The molecule has 1 fully saturated rings. The first-order valence-electron chi connectivity index (χ1n) is 12.1. The van der Waals surface area contributed by atoms with Gasteiger partial charge in [0, 0.05) is 6.54 Å². The predicted octanol–water partition coefficient (Wildman–Crippen LogP) is 5.81. The van der Waals surface area contributed by atoms with Crippen molar-refractivity contribution in [2.45, 2.75) is 25.8 Å². The summed E-state index contributed by atoms with van der Waals surface area (Å²) in [4.78, 5) is 17.8. The normalized spacial score (nSPS) is 14.4. The molecule has 0 saturated carbocycles. The summed E-state index contributed by atoms with van der Waals surface area (Å²) < 4.78 is 5.33. The number of hydrogen-bond acceptors (Lipinski definition) is 3. The van der Waals surface area contributed by atoms with Crippen LogP contribution in [0.25, 0.3) is 5.57 Å². The Morgan fingerprint density at radius 3 is 2.00 bits per heavy atom. The molecule has 0 N–H and O–H groups in total. The van der Waals surface area contributed by atoms with E-state index in [1.165, 1.54) is 12.8 Å². The molecule has 1 atom stereocenters. The van der Waals surface area contributed by atoms with E-state index in [9.17, 15) is 4.79 Å². The Bertz CT molecular complexity index is 1030. The number of carbonyl (C=O) groups excluding carboxylic acids is 1. The van der Waals surface area contributed by atoms with Crippen molar-refractivity contribution in [3.63, 3.8) is 0 Å². The van der Waals surface area contributed by atoms with E-state index in [2.05, 4.69) is 78.6 Å². The second kappa shape index (κ2) is 11.7. The Kier molecular flexibility index (Phi) is 8.16. The van der Waals surface area contributed by atoms with Gasteiger partial charge in [0.15, 0.2) is 0 Å². The highest BCUT2D eigenvalue weighted by Gasteiger charge is 2.24. The molecule has 0 unspecified atom stereocenters. The van der Waals surface area contributed by atoms with Crippen LogP contribution in [0.4, 0.5) is 0 Å². The van der Waals surface area contributed by atoms with Crippen LogP contribution in [0, 0.1) is 0 Å². The van der Waals surface area contributed by atoms with Crippen molar-refractivity contribution in [1.29, 1.82) is 0 Å². The number of likely N-dealkylation sites (tertiary alicyclic amines) is 1. The van der Waals surface area contributed by atoms with E-state index in [1.807, 2.05) is 29.2 Å². The quantitative estimate of drug-likeness (QED) is 0.409. The van der Waals surface area contributed by atoms with Crippen LogP contribution in [0.1, 0.15) is 42.5 Å². The number of carbonyl (C=O) groups is 1. The zero-order valence-corrected chi connectivity index (χ0v) is 20.2. The van der Waals surface area contributed by atoms with Crippen LogP contribution in [-0.2, 0) is 4.79 Å². The van der Waals surface area contributed by atoms with Crippen LogP contribution in [0.2, 0.25) is 0 Å². The Morgan fingerprint density at radius 2 is 1.47 bits per heavy atom. The highest BCUT2D eigenvalue weighted by atomic mass is 16.5. The third kappa shape index (κ3) is 5.95. The van der Waals surface area contributed by atoms with Gasteiger partial charge in [0.25, 0.3) is 0 Å². The topological polar surface area (TPSA) is 32.8 Å². The first-order valence-corrected chi connectivity index (χ1v) is 12.1. The lowest BCUT2D eigenvalue weighted by molar-refractivity contribution is -0.133. The third-order valence-corrected chi connectivity index (χ3v) is 6.61. The molecule has 0 spiro atoms. The van der Waals surface area contributed by atoms with Gasteiger partial charge in [-0.05, 0) is 67.3 Å². The molecule has 1 aliphatic heterocycles. The van der Waals surface area contributed by atoms with Gasteiger partial charge < -0.3 is 9.64 Å². The summed E-state index contributed by atoms with van der Waals surface area (Å²) in [6, 6.07) is 28.8. The SMILES string of the molecule is COc1ccc([C@@H](C)N(CC=C(c2ccccc2)c2ccccc2)C(=O)CN2CCCC2)cc1. The molecular weight excluding hydrogens is 420 g/mol. The first-order chi connectivity index (χ1) is 16.7. The highest BCUT2D eigenvalue weighted by Crippen LogP contribution is 2.27. The summed E-state index contributed by atoms with van der Waals surface area (Å²) in [5, 5.41) is 0. The standard InChI is InChI=1S/C30H34N2O2/c1-24(25-15-17-28(34-2)18-16-25)32(30(33)23-31-20-9-10-21-31)22-19-29(26-11-5-3-6-12-26)27-13-7-4-8-14-27/h3-8,11-19,24H,9-10,20-23H2,1-2H3/t24-/m1/s1. The highest BCUT2D eigenvalue weighted by molar-refractivity contribution is 5.82. The van der Waals surface area contributed by atoms with Crippen LogP contribution >= 0.6 is 0 Å². The summed E-state index contributed by atoms with van der Waals surface area (Å²) in [5.41, 5.74) is 4.54. The van der Waals surface area contributed by atoms with Gasteiger partial charge in [-0.15, -0.1) is 0 Å². The Balaban J connectivity index is 1.64. The van der Waals surface area contributed by atoms with Gasteiger partial charge in [0.1, 0.15) is 5.75 Å². The maximum atomic E-state index is 13.6. The lowest BCUT2D eigenvalue weighted by Gasteiger charge is -2.31. The Hall–Kier alpha value is -3.37. The maximum Gasteiger partial charge on any atom is 0.237 e. The zero-order chi connectivity index (χ0) is 23.8. The number of rotatable bonds is 9. The Morgan fingerprint density at radius 1 is 0.912 bits per heavy atom. The summed E-state index contributed by atoms with van der Waals surface area (Å²) in [6.07, 6.45) is 4.55. The van der Waals surface area contributed by atoms with Crippen molar-refractivity contribution in [3.8, 4) is 5.75 Å². The summed E-state index contributed by atoms with van der Waals surface area (Å²) in [6.45, 7) is 5.14. The largest absolute Gasteiger partial charge is 0.497 e. The molecule has 34 heavy (non-hydrogen) atoms. The number of methoxy groups -OCH3 is 1. The number of ether oxygens (including phenoxy) is 1. The fourth-order valence-corrected chi connectivity index (χ4v) is 4.59. The molecule has 1 aliphatic rings. The summed E-state index contributed by atoms with van der Waals surface area (Å²) >= 11 is 0. The van der Waals surface area contributed by atoms with Crippen LogP contribution in [0.15, 0.2) is 91.0 Å². The molecule has 4 nitrogen and oxygen atoms in total. The van der Waals surface area contributed by atoms with E-state index < -0.39 is 0 Å². The van der Waals surface area contributed by atoms with Crippen molar-refractivity contribution in [2.24, 2.45) is 0 Å². The van der Waals surface area contributed by atoms with E-state index in [1.54, 1.807) is 7.11 Å². The Labute approximate surface area is 203 Å². The van der Waals surface area contributed by atoms with Crippen LogP contribution < -0.4 is 4.74 Å². The minimum atomic E-state index is -0.0509. The molecule has 176 valence electrons. The molecule has 1 amide bonds. The average Bonchev–Trinajstić information content (AvgIpc) is 3.40. The lowest BCUT2D eigenvalue weighted by Crippen LogP contribution is -2.41. The number of nitrogens with zero attached hydrogens (tertiary/aromatic N) is 2. The van der Waals surface area contributed by atoms with Crippen LogP contribution in [0.3, 0.4) is 0 Å². The average molecular weight is 455 g/mol. The van der Waals surface area contributed by atoms with Gasteiger partial charge in [0.2, 0.25) is 5.91 Å². The van der Waals surface area contributed by atoms with E-state index in [-0.39, 0.29) is 11.9 Å². The van der Waals surface area contributed by atoms with Gasteiger partial charge in [0.05, 0.1) is 19.7 Å². The molecule has 0 aromatic heterocycles. The molecule has 1 saturated heterocycles. The number of benzene rings is 3.